The van der Waals surface area contributed by atoms with Crippen molar-refractivity contribution < 1.29 is 4.79 Å². The molecule has 0 aliphatic rings. The summed E-state index contributed by atoms with van der Waals surface area (Å²) in [6, 6.07) is 0. The van der Waals surface area contributed by atoms with Gasteiger partial charge in [0.1, 0.15) is 6.29 Å². The fourth-order valence-corrected chi connectivity index (χ4v) is 4.01. The molecule has 0 rings (SSSR count). The first kappa shape index (κ1) is 31.3. The maximum Gasteiger partial charge on any atom is 0.119 e. The van der Waals surface area contributed by atoms with Crippen LogP contribution < -0.4 is 0 Å². The summed E-state index contributed by atoms with van der Waals surface area (Å²) in [5, 5.41) is 0. The molecule has 0 spiro atoms. The van der Waals surface area contributed by atoms with E-state index < -0.39 is 0 Å². The van der Waals surface area contributed by atoms with Crippen LogP contribution in [0.3, 0.4) is 0 Å². The van der Waals surface area contributed by atoms with Crippen molar-refractivity contribution in [1.82, 2.24) is 0 Å². The van der Waals surface area contributed by atoms with Crippen molar-refractivity contribution in [1.29, 1.82) is 0 Å². The Morgan fingerprint density at radius 3 is 0.821 bits per heavy atom. The molecule has 0 atom stereocenters. The van der Waals surface area contributed by atoms with Gasteiger partial charge in [-0.15, -0.1) is 0 Å². The van der Waals surface area contributed by atoms with E-state index in [1.165, 1.54) is 141 Å². The van der Waals surface area contributed by atoms with E-state index in [2.05, 4.69) is 6.92 Å². The minimum atomic E-state index is 0. The zero-order chi connectivity index (χ0) is 19.7. The van der Waals surface area contributed by atoms with Gasteiger partial charge in [0.2, 0.25) is 0 Å². The van der Waals surface area contributed by atoms with Gasteiger partial charge in [0.25, 0.3) is 0 Å². The van der Waals surface area contributed by atoms with E-state index >= 15 is 0 Å². The fourth-order valence-electron chi connectivity index (χ4n) is 4.01. The van der Waals surface area contributed by atoms with Crippen LogP contribution in [0, 0.1) is 0 Å². The second-order valence-electron chi connectivity index (χ2n) is 8.73. The van der Waals surface area contributed by atoms with Gasteiger partial charge >= 0.3 is 0 Å². The van der Waals surface area contributed by atoms with E-state index in [0.717, 1.165) is 19.1 Å². The van der Waals surface area contributed by atoms with Gasteiger partial charge in [0.15, 0.2) is 0 Å². The Hall–Kier alpha value is 1.15. The summed E-state index contributed by atoms with van der Waals surface area (Å²) in [5.41, 5.74) is 0. The van der Waals surface area contributed by atoms with Crippen LogP contribution in [-0.4, -0.2) is 51.8 Å². The first-order valence-corrected chi connectivity index (χ1v) is 12.9. The minimum absolute atomic E-state index is 0. The monoisotopic (exact) mass is 468 g/mol. The molecule has 164 valence electrons. The molecule has 0 aromatic carbocycles. The average molecular weight is 468 g/mol. The summed E-state index contributed by atoms with van der Waals surface area (Å²) >= 11 is 0. The Bertz CT molecular complexity index is 267. The van der Waals surface area contributed by atoms with Gasteiger partial charge in [-0.2, -0.15) is 0 Å². The molecule has 0 aliphatic heterocycles. The molecule has 0 aliphatic carbocycles. The Kier molecular flexibility index (Phi) is 34.0. The third kappa shape index (κ3) is 29.4. The quantitative estimate of drug-likeness (QED) is 0.0784. The molecule has 0 aromatic heterocycles. The van der Waals surface area contributed by atoms with Crippen molar-refractivity contribution in [2.75, 3.05) is 0 Å². The predicted molar refractivity (Wildman–Crippen MR) is 128 cm³/mol. The molecule has 1 nitrogen and oxygen atoms in total. The Morgan fingerprint density at radius 1 is 0.393 bits per heavy atom. The van der Waals surface area contributed by atoms with E-state index in [4.69, 9.17) is 0 Å². The van der Waals surface area contributed by atoms with Crippen molar-refractivity contribution in [2.24, 2.45) is 0 Å². The number of aldehydes is 1. The normalized spacial score (nSPS) is 10.8. The van der Waals surface area contributed by atoms with Gasteiger partial charge in [-0.05, 0) is 6.42 Å². The molecular formula is C26H52OSr. The molecule has 0 unspecified atom stereocenters. The predicted octanol–water partition coefficient (Wildman–Crippen LogP) is 9.19. The number of carbonyl (C=O) groups is 1. The Labute approximate surface area is 215 Å². The first-order chi connectivity index (χ1) is 13.4. The first-order valence-electron chi connectivity index (χ1n) is 12.9. The number of hydrogen-bond acceptors (Lipinski definition) is 1. The molecule has 0 bridgehead atoms. The van der Waals surface area contributed by atoms with Gasteiger partial charge in [-0.3, -0.25) is 0 Å². The molecule has 28 heavy (non-hydrogen) atoms. The van der Waals surface area contributed by atoms with Crippen LogP contribution in [0.15, 0.2) is 0 Å². The summed E-state index contributed by atoms with van der Waals surface area (Å²) in [6.45, 7) is 2.30. The minimum Gasteiger partial charge on any atom is -0.303 e. The summed E-state index contributed by atoms with van der Waals surface area (Å²) in [5.74, 6) is 0. The summed E-state index contributed by atoms with van der Waals surface area (Å²) < 4.78 is 0. The second kappa shape index (κ2) is 30.3. The molecule has 0 aromatic rings. The van der Waals surface area contributed by atoms with Crippen molar-refractivity contribution in [3.63, 3.8) is 0 Å². The SMILES string of the molecule is CCCCCCCCCCCCCCCCCCCCCCCCCC=O.[Sr]. The third-order valence-electron chi connectivity index (χ3n) is 5.93. The molecular weight excluding hydrogens is 416 g/mol. The molecule has 0 fully saturated rings. The van der Waals surface area contributed by atoms with E-state index in [-0.39, 0.29) is 45.5 Å². The van der Waals surface area contributed by atoms with Crippen molar-refractivity contribution in [3.8, 4) is 0 Å². The molecule has 2 heteroatoms. The van der Waals surface area contributed by atoms with Gasteiger partial charge in [-0.1, -0.05) is 148 Å². The van der Waals surface area contributed by atoms with Crippen LogP contribution in [0.2, 0.25) is 0 Å². The molecule has 0 heterocycles. The third-order valence-corrected chi connectivity index (χ3v) is 5.93. The molecule has 2 radical (unpaired) electrons. The summed E-state index contributed by atoms with van der Waals surface area (Å²) in [6.07, 6.45) is 34.5. The van der Waals surface area contributed by atoms with Gasteiger partial charge in [0.05, 0.1) is 0 Å². The van der Waals surface area contributed by atoms with Crippen LogP contribution in [0.5, 0.6) is 0 Å². The summed E-state index contributed by atoms with van der Waals surface area (Å²) in [7, 11) is 0. The molecule has 0 N–H and O–H groups in total. The van der Waals surface area contributed by atoms with Gasteiger partial charge < -0.3 is 4.79 Å². The maximum atomic E-state index is 10.2. The van der Waals surface area contributed by atoms with Crippen LogP contribution in [0.25, 0.3) is 0 Å². The van der Waals surface area contributed by atoms with Crippen LogP contribution in [-0.2, 0) is 4.79 Å². The Morgan fingerprint density at radius 2 is 0.607 bits per heavy atom. The standard InChI is InChI=1S/C26H52O.Sr/c1-2-3-4-5-6-7-8-9-10-11-12-13-14-15-16-17-18-19-20-21-22-23-24-25-26-27;/h26H,2-25H2,1H3;. The van der Waals surface area contributed by atoms with E-state index in [9.17, 15) is 4.79 Å². The number of carbonyl (C=O) groups excluding carboxylic acids is 1. The van der Waals surface area contributed by atoms with E-state index in [1.54, 1.807) is 0 Å². The number of hydrogen-bond donors (Lipinski definition) is 0. The molecule has 0 amide bonds. The number of unbranched alkanes of at least 4 members (excludes halogenated alkanes) is 23. The second-order valence-corrected chi connectivity index (χ2v) is 8.73. The zero-order valence-corrected chi connectivity index (χ0v) is 23.1. The van der Waals surface area contributed by atoms with Crippen molar-refractivity contribution in [2.45, 2.75) is 161 Å². The zero-order valence-electron chi connectivity index (χ0n) is 19.7. The van der Waals surface area contributed by atoms with Crippen molar-refractivity contribution in [3.05, 3.63) is 0 Å². The van der Waals surface area contributed by atoms with Gasteiger partial charge in [-0.25, -0.2) is 0 Å². The van der Waals surface area contributed by atoms with E-state index in [0.29, 0.717) is 0 Å². The average Bonchev–Trinajstić information content (AvgIpc) is 2.68. The van der Waals surface area contributed by atoms with Gasteiger partial charge in [0, 0.05) is 51.9 Å². The summed E-state index contributed by atoms with van der Waals surface area (Å²) in [4.78, 5) is 10.2. The number of rotatable bonds is 24. The van der Waals surface area contributed by atoms with Crippen LogP contribution in [0.4, 0.5) is 0 Å². The van der Waals surface area contributed by atoms with Crippen LogP contribution >= 0.6 is 0 Å². The van der Waals surface area contributed by atoms with Crippen LogP contribution in [0.1, 0.15) is 161 Å². The Balaban J connectivity index is 0. The molecule has 0 saturated heterocycles. The topological polar surface area (TPSA) is 17.1 Å². The van der Waals surface area contributed by atoms with E-state index in [1.807, 2.05) is 0 Å². The smallest absolute Gasteiger partial charge is 0.119 e. The fraction of sp³-hybridized carbons (Fsp3) is 0.962. The largest absolute Gasteiger partial charge is 0.303 e. The molecule has 0 saturated carbocycles. The van der Waals surface area contributed by atoms with Crippen molar-refractivity contribution >= 4 is 51.8 Å². The maximum absolute atomic E-state index is 10.2.